The summed E-state index contributed by atoms with van der Waals surface area (Å²) in [7, 11) is 1.42. The predicted molar refractivity (Wildman–Crippen MR) is 150 cm³/mol. The minimum atomic E-state index is -4.50. The number of carbonyl (C=O) groups excluding carboxylic acids is 1. The number of halogens is 3. The maximum atomic E-state index is 12.3. The van der Waals surface area contributed by atoms with E-state index in [1.54, 1.807) is 0 Å². The number of methoxy groups -OCH3 is 1. The van der Waals surface area contributed by atoms with Gasteiger partial charge in [0.15, 0.2) is 5.60 Å². The Morgan fingerprint density at radius 2 is 1.48 bits per heavy atom. The molecule has 0 aromatic heterocycles. The number of hydrogen-bond donors (Lipinski definition) is 2. The number of ether oxygens (including phenoxy) is 2. The van der Waals surface area contributed by atoms with Crippen LogP contribution in [-0.4, -0.2) is 53.2 Å². The summed E-state index contributed by atoms with van der Waals surface area (Å²) in [4.78, 5) is 21.5. The van der Waals surface area contributed by atoms with Crippen LogP contribution in [0.4, 0.5) is 13.2 Å². The Labute approximate surface area is 239 Å². The molecule has 0 aromatic carbocycles. The lowest BCUT2D eigenvalue weighted by atomic mass is 9.70. The van der Waals surface area contributed by atoms with Crippen molar-refractivity contribution in [2.45, 2.75) is 131 Å². The molecule has 0 aliphatic heterocycles. The van der Waals surface area contributed by atoms with E-state index < -0.39 is 17.7 Å². The van der Waals surface area contributed by atoms with Crippen LogP contribution in [0.2, 0.25) is 0 Å². The molecule has 6 unspecified atom stereocenters. The summed E-state index contributed by atoms with van der Waals surface area (Å²) < 4.78 is 47.2. The first kappa shape index (κ1) is 36.7. The first-order valence-corrected chi connectivity index (χ1v) is 14.9. The summed E-state index contributed by atoms with van der Waals surface area (Å²) in [6, 6.07) is 0. The Bertz CT molecular complexity index is 799. The van der Waals surface area contributed by atoms with Crippen molar-refractivity contribution in [1.29, 1.82) is 0 Å². The van der Waals surface area contributed by atoms with Crippen molar-refractivity contribution in [1.82, 2.24) is 0 Å². The fraction of sp³-hybridized carbons (Fsp3) is 0.935. The van der Waals surface area contributed by atoms with Gasteiger partial charge in [-0.2, -0.15) is 13.2 Å². The lowest BCUT2D eigenvalue weighted by Crippen LogP contribution is -2.43. The molecule has 236 valence electrons. The van der Waals surface area contributed by atoms with Gasteiger partial charge in [-0.1, -0.05) is 52.9 Å². The number of alkyl halides is 3. The Kier molecular flexibility index (Phi) is 13.5. The summed E-state index contributed by atoms with van der Waals surface area (Å²) in [5, 5.41) is 18.0. The zero-order valence-corrected chi connectivity index (χ0v) is 26.2. The van der Waals surface area contributed by atoms with Crippen molar-refractivity contribution < 1.29 is 42.4 Å². The summed E-state index contributed by atoms with van der Waals surface area (Å²) in [5.74, 6) is 2.69. The van der Waals surface area contributed by atoms with Crippen LogP contribution >= 0.6 is 0 Å². The number of fused-ring (bicyclic) bond motifs is 2. The Morgan fingerprint density at radius 1 is 0.925 bits per heavy atom. The number of hydrogen-bond acceptors (Lipinski definition) is 5. The van der Waals surface area contributed by atoms with E-state index in [4.69, 9.17) is 9.84 Å². The molecule has 3 aliphatic carbocycles. The quantitative estimate of drug-likeness (QED) is 0.286. The topological polar surface area (TPSA) is 93.1 Å². The number of aliphatic hydroxyl groups is 1. The highest BCUT2D eigenvalue weighted by Gasteiger charge is 2.53. The van der Waals surface area contributed by atoms with Crippen LogP contribution in [0, 0.1) is 40.9 Å². The van der Waals surface area contributed by atoms with Gasteiger partial charge in [0.2, 0.25) is 0 Å². The predicted octanol–water partition coefficient (Wildman–Crippen LogP) is 7.66. The maximum absolute atomic E-state index is 12.3. The van der Waals surface area contributed by atoms with E-state index >= 15 is 0 Å². The zero-order chi connectivity index (χ0) is 31.1. The van der Waals surface area contributed by atoms with Crippen molar-refractivity contribution >= 4 is 11.9 Å². The number of carboxylic acid groups (broad SMARTS) is 1. The molecule has 0 aromatic rings. The number of aliphatic carboxylic acids is 1. The van der Waals surface area contributed by atoms with Gasteiger partial charge in [0.25, 0.3) is 0 Å². The normalized spacial score (nSPS) is 28.5. The van der Waals surface area contributed by atoms with Gasteiger partial charge in [0.05, 0.1) is 18.1 Å². The van der Waals surface area contributed by atoms with Crippen LogP contribution in [-0.2, 0) is 19.1 Å². The van der Waals surface area contributed by atoms with E-state index in [0.717, 1.165) is 69.1 Å². The summed E-state index contributed by atoms with van der Waals surface area (Å²) in [6.45, 7) is 15.2. The van der Waals surface area contributed by atoms with Gasteiger partial charge in [0, 0.05) is 0 Å². The van der Waals surface area contributed by atoms with Crippen LogP contribution in [0.15, 0.2) is 0 Å². The molecule has 3 aliphatic rings. The highest BCUT2D eigenvalue weighted by molar-refractivity contribution is 5.75. The van der Waals surface area contributed by atoms with Gasteiger partial charge < -0.3 is 19.7 Å². The molecule has 0 heterocycles. The Hall–Kier alpha value is -1.35. The number of esters is 1. The van der Waals surface area contributed by atoms with Crippen molar-refractivity contribution in [3.63, 3.8) is 0 Å². The zero-order valence-electron chi connectivity index (χ0n) is 26.2. The van der Waals surface area contributed by atoms with E-state index in [0.29, 0.717) is 5.92 Å². The molecule has 9 heteroatoms. The molecule has 0 radical (unpaired) electrons. The van der Waals surface area contributed by atoms with Crippen molar-refractivity contribution in [2.75, 3.05) is 13.7 Å². The molecular formula is C31H55F3O6. The van der Waals surface area contributed by atoms with Crippen LogP contribution < -0.4 is 0 Å². The lowest BCUT2D eigenvalue weighted by molar-refractivity contribution is -0.259. The minimum Gasteiger partial charge on any atom is -0.480 e. The van der Waals surface area contributed by atoms with Gasteiger partial charge in [0.1, 0.15) is 6.61 Å². The fourth-order valence-corrected chi connectivity index (χ4v) is 6.58. The van der Waals surface area contributed by atoms with Gasteiger partial charge >= 0.3 is 18.1 Å². The molecule has 0 spiro atoms. The molecule has 0 saturated heterocycles. The number of carboxylic acids is 1. The van der Waals surface area contributed by atoms with Crippen molar-refractivity contribution in [2.24, 2.45) is 40.9 Å². The van der Waals surface area contributed by atoms with Gasteiger partial charge in [-0.05, 0) is 95.8 Å². The second-order valence-corrected chi connectivity index (χ2v) is 13.7. The Balaban J connectivity index is 0.000000316. The third-order valence-electron chi connectivity index (χ3n) is 10.0. The highest BCUT2D eigenvalue weighted by atomic mass is 19.4. The molecule has 6 nitrogen and oxygen atoms in total. The maximum Gasteiger partial charge on any atom is 0.416 e. The average Bonchev–Trinajstić information content (AvgIpc) is 3.43. The number of rotatable bonds is 8. The molecule has 3 rings (SSSR count). The summed E-state index contributed by atoms with van der Waals surface area (Å²) in [5.41, 5.74) is -3.12. The van der Waals surface area contributed by atoms with E-state index in [9.17, 15) is 27.9 Å². The molecule has 6 atom stereocenters. The monoisotopic (exact) mass is 580 g/mol. The van der Waals surface area contributed by atoms with Gasteiger partial charge in [-0.3, -0.25) is 4.79 Å². The van der Waals surface area contributed by atoms with E-state index in [-0.39, 0.29) is 35.9 Å². The third kappa shape index (κ3) is 10.2. The molecule has 3 saturated carbocycles. The first-order chi connectivity index (χ1) is 18.2. The van der Waals surface area contributed by atoms with E-state index in [2.05, 4.69) is 32.4 Å². The average molecular weight is 581 g/mol. The summed E-state index contributed by atoms with van der Waals surface area (Å²) in [6.07, 6.45) is 3.47. The van der Waals surface area contributed by atoms with Crippen LogP contribution in [0.1, 0.15) is 113 Å². The lowest BCUT2D eigenvalue weighted by Gasteiger charge is -2.41. The molecule has 40 heavy (non-hydrogen) atoms. The molecule has 0 amide bonds. The number of carbonyl (C=O) groups is 2. The third-order valence-corrected chi connectivity index (χ3v) is 10.0. The molecule has 3 fully saturated rings. The van der Waals surface area contributed by atoms with E-state index in [1.165, 1.54) is 20.0 Å². The Morgan fingerprint density at radius 3 is 1.85 bits per heavy atom. The van der Waals surface area contributed by atoms with E-state index in [1.807, 2.05) is 20.8 Å². The molecule has 2 N–H and O–H groups in total. The van der Waals surface area contributed by atoms with Crippen LogP contribution in [0.5, 0.6) is 0 Å². The van der Waals surface area contributed by atoms with Crippen molar-refractivity contribution in [3.8, 4) is 0 Å². The minimum absolute atomic E-state index is 0.0420. The highest BCUT2D eigenvalue weighted by Crippen LogP contribution is 2.58. The smallest absolute Gasteiger partial charge is 0.416 e. The standard InChI is InChI=1S/C14H24O3.C10H17F3O.C7H14O2/c1-8-9(2)11-5-10(8)6-12(11)14(3,4)17-7-13(15)16;1-9(14,10(11,12)13)7-8-5-3-2-4-6-8;1-5-7(2,3)6(8)9-4/h8-12H,5-7H2,1-4H3,(H,15,16);8,14H,2-7H2,1H3;5H2,1-4H3. The van der Waals surface area contributed by atoms with Gasteiger partial charge in [-0.15, -0.1) is 0 Å². The largest absolute Gasteiger partial charge is 0.480 e. The van der Waals surface area contributed by atoms with Crippen LogP contribution in [0.3, 0.4) is 0 Å². The second kappa shape index (κ2) is 14.7. The fourth-order valence-electron chi connectivity index (χ4n) is 6.58. The van der Waals surface area contributed by atoms with Crippen LogP contribution in [0.25, 0.3) is 0 Å². The van der Waals surface area contributed by atoms with Crippen molar-refractivity contribution in [3.05, 3.63) is 0 Å². The molecule has 2 bridgehead atoms. The SMILES string of the molecule is CC(O)(CC1CCCCC1)C(F)(F)F.CC1C2CC(C1C)C(C(C)(C)OCC(=O)O)C2.CCC(C)(C)C(=O)OC. The first-order valence-electron chi connectivity index (χ1n) is 14.9. The second-order valence-electron chi connectivity index (χ2n) is 13.7. The van der Waals surface area contributed by atoms with Gasteiger partial charge in [-0.25, -0.2) is 4.79 Å². The summed E-state index contributed by atoms with van der Waals surface area (Å²) >= 11 is 0. The molecular weight excluding hydrogens is 525 g/mol.